The van der Waals surface area contributed by atoms with Gasteiger partial charge in [-0.25, -0.2) is 5.06 Å². The highest BCUT2D eigenvalue weighted by molar-refractivity contribution is 5.90. The minimum Gasteiger partial charge on any atom is -0.350 e. The van der Waals surface area contributed by atoms with Crippen LogP contribution in [0.2, 0.25) is 0 Å². The lowest BCUT2D eigenvalue weighted by Gasteiger charge is -2.23. The second-order valence-corrected chi connectivity index (χ2v) is 5.83. The van der Waals surface area contributed by atoms with Gasteiger partial charge in [-0.2, -0.15) is 0 Å². The molecule has 0 aliphatic heterocycles. The van der Waals surface area contributed by atoms with Crippen molar-refractivity contribution in [3.63, 3.8) is 0 Å². The Morgan fingerprint density at radius 1 is 1.47 bits per heavy atom. The molecule has 4 nitrogen and oxygen atoms in total. The summed E-state index contributed by atoms with van der Waals surface area (Å²) < 4.78 is 2.30. The van der Waals surface area contributed by atoms with Crippen molar-refractivity contribution in [3.8, 4) is 0 Å². The number of hydrogen-bond acceptors (Lipinski definition) is 2. The van der Waals surface area contributed by atoms with Crippen molar-refractivity contribution >= 4 is 12.0 Å². The summed E-state index contributed by atoms with van der Waals surface area (Å²) in [5, 5.41) is 9.56. The van der Waals surface area contributed by atoms with Crippen molar-refractivity contribution in [1.29, 1.82) is 0 Å². The lowest BCUT2D eigenvalue weighted by Crippen LogP contribution is -2.19. The lowest BCUT2D eigenvalue weighted by molar-refractivity contribution is -0.153. The van der Waals surface area contributed by atoms with Crippen LogP contribution in [-0.4, -0.2) is 27.8 Å². The van der Waals surface area contributed by atoms with Crippen LogP contribution in [0.15, 0.2) is 24.5 Å². The number of fused-ring (bicyclic) bond motifs is 2. The van der Waals surface area contributed by atoms with Crippen LogP contribution in [0.5, 0.6) is 0 Å². The zero-order valence-corrected chi connectivity index (χ0v) is 11.2. The van der Waals surface area contributed by atoms with E-state index < -0.39 is 5.91 Å². The van der Waals surface area contributed by atoms with Gasteiger partial charge in [-0.1, -0.05) is 6.42 Å². The van der Waals surface area contributed by atoms with Crippen LogP contribution in [0.4, 0.5) is 0 Å². The Hall–Kier alpha value is -1.55. The van der Waals surface area contributed by atoms with Gasteiger partial charge in [0.1, 0.15) is 0 Å². The monoisotopic (exact) mass is 260 g/mol. The van der Waals surface area contributed by atoms with Crippen molar-refractivity contribution in [1.82, 2.24) is 9.63 Å². The van der Waals surface area contributed by atoms with Crippen molar-refractivity contribution < 1.29 is 10.0 Å². The lowest BCUT2D eigenvalue weighted by atomic mass is 9.95. The van der Waals surface area contributed by atoms with E-state index in [2.05, 4.69) is 17.0 Å². The summed E-state index contributed by atoms with van der Waals surface area (Å²) in [6, 6.07) is 2.67. The average Bonchev–Trinajstić information content (AvgIpc) is 3.10. The zero-order valence-electron chi connectivity index (χ0n) is 11.2. The van der Waals surface area contributed by atoms with Gasteiger partial charge in [-0.05, 0) is 48.8 Å². The fourth-order valence-corrected chi connectivity index (χ4v) is 3.59. The van der Waals surface area contributed by atoms with E-state index in [1.807, 2.05) is 6.07 Å². The molecule has 102 valence electrons. The van der Waals surface area contributed by atoms with Crippen LogP contribution in [0.25, 0.3) is 6.08 Å². The quantitative estimate of drug-likeness (QED) is 0.516. The standard InChI is InChI=1S/C15H20N2O2/c1-16(19)15(18)5-3-11-6-7-17(10-11)14-9-12-2-4-13(14)8-12/h3,5-7,10,12-14,19H,2,4,8-9H2,1H3/b5-3+. The molecule has 19 heavy (non-hydrogen) atoms. The molecule has 1 N–H and O–H groups in total. The predicted octanol–water partition coefficient (Wildman–Crippen LogP) is 2.71. The maximum atomic E-state index is 11.3. The van der Waals surface area contributed by atoms with E-state index in [1.165, 1.54) is 38.8 Å². The highest BCUT2D eigenvalue weighted by atomic mass is 16.5. The summed E-state index contributed by atoms with van der Waals surface area (Å²) in [4.78, 5) is 11.3. The van der Waals surface area contributed by atoms with Crippen molar-refractivity contribution in [2.45, 2.75) is 31.7 Å². The number of nitrogens with zero attached hydrogens (tertiary/aromatic N) is 2. The summed E-state index contributed by atoms with van der Waals surface area (Å²) in [5.41, 5.74) is 1.01. The van der Waals surface area contributed by atoms with Gasteiger partial charge >= 0.3 is 0 Å². The molecular formula is C15H20N2O2. The number of carbonyl (C=O) groups excluding carboxylic acids is 1. The SMILES string of the molecule is CN(O)C(=O)/C=C/c1ccn(C2CC3CCC2C3)c1. The first-order valence-electron chi connectivity index (χ1n) is 6.95. The molecule has 0 saturated heterocycles. The van der Waals surface area contributed by atoms with E-state index in [4.69, 9.17) is 5.21 Å². The fraction of sp³-hybridized carbons (Fsp3) is 0.533. The van der Waals surface area contributed by atoms with E-state index >= 15 is 0 Å². The van der Waals surface area contributed by atoms with Crippen LogP contribution in [-0.2, 0) is 4.79 Å². The van der Waals surface area contributed by atoms with Gasteiger partial charge in [0, 0.05) is 31.6 Å². The predicted molar refractivity (Wildman–Crippen MR) is 72.5 cm³/mol. The molecule has 3 atom stereocenters. The van der Waals surface area contributed by atoms with Crippen LogP contribution in [0.3, 0.4) is 0 Å². The van der Waals surface area contributed by atoms with Gasteiger partial charge in [0.05, 0.1) is 0 Å². The molecule has 0 aromatic carbocycles. The Kier molecular flexibility index (Phi) is 3.19. The number of hydroxylamine groups is 2. The Bertz CT molecular complexity index is 504. The molecular weight excluding hydrogens is 240 g/mol. The first-order chi connectivity index (χ1) is 9.13. The molecule has 3 unspecified atom stereocenters. The number of aromatic nitrogens is 1. The molecule has 2 bridgehead atoms. The normalized spacial score (nSPS) is 29.3. The molecule has 2 aliphatic carbocycles. The van der Waals surface area contributed by atoms with Gasteiger partial charge < -0.3 is 4.57 Å². The van der Waals surface area contributed by atoms with E-state index in [9.17, 15) is 4.79 Å². The van der Waals surface area contributed by atoms with E-state index in [0.29, 0.717) is 11.1 Å². The Morgan fingerprint density at radius 3 is 2.95 bits per heavy atom. The molecule has 1 aromatic heterocycles. The van der Waals surface area contributed by atoms with Crippen molar-refractivity contribution in [3.05, 3.63) is 30.1 Å². The van der Waals surface area contributed by atoms with E-state index in [1.54, 1.807) is 6.08 Å². The molecule has 1 aromatic rings. The van der Waals surface area contributed by atoms with Crippen LogP contribution >= 0.6 is 0 Å². The zero-order chi connectivity index (χ0) is 13.4. The molecule has 0 radical (unpaired) electrons. The Morgan fingerprint density at radius 2 is 2.32 bits per heavy atom. The largest absolute Gasteiger partial charge is 0.350 e. The number of hydrogen-bond donors (Lipinski definition) is 1. The minimum absolute atomic E-state index is 0.410. The van der Waals surface area contributed by atoms with Crippen LogP contribution < -0.4 is 0 Å². The maximum Gasteiger partial charge on any atom is 0.269 e. The second-order valence-electron chi connectivity index (χ2n) is 5.83. The third kappa shape index (κ3) is 2.45. The summed E-state index contributed by atoms with van der Waals surface area (Å²) in [5.74, 6) is 1.37. The molecule has 0 spiro atoms. The summed E-state index contributed by atoms with van der Waals surface area (Å²) in [7, 11) is 1.33. The highest BCUT2D eigenvalue weighted by Gasteiger charge is 2.40. The van der Waals surface area contributed by atoms with Gasteiger partial charge in [0.15, 0.2) is 0 Å². The molecule has 4 heteroatoms. The first-order valence-corrected chi connectivity index (χ1v) is 6.95. The van der Waals surface area contributed by atoms with Gasteiger partial charge in [-0.15, -0.1) is 0 Å². The number of likely N-dealkylation sites (N-methyl/N-ethyl adjacent to an activating group) is 1. The third-order valence-corrected chi connectivity index (χ3v) is 4.56. The molecule has 1 heterocycles. The Labute approximate surface area is 113 Å². The van der Waals surface area contributed by atoms with Crippen LogP contribution in [0, 0.1) is 11.8 Å². The smallest absolute Gasteiger partial charge is 0.269 e. The first kappa shape index (κ1) is 12.5. The molecule has 2 aliphatic rings. The summed E-state index contributed by atoms with van der Waals surface area (Å²) in [6.45, 7) is 0. The third-order valence-electron chi connectivity index (χ3n) is 4.56. The van der Waals surface area contributed by atoms with Gasteiger partial charge in [-0.3, -0.25) is 10.0 Å². The maximum absolute atomic E-state index is 11.3. The van der Waals surface area contributed by atoms with E-state index in [0.717, 1.165) is 17.4 Å². The number of rotatable bonds is 3. The molecule has 2 saturated carbocycles. The molecule has 3 rings (SSSR count). The van der Waals surface area contributed by atoms with E-state index in [-0.39, 0.29) is 0 Å². The average molecular weight is 260 g/mol. The second kappa shape index (κ2) is 4.85. The topological polar surface area (TPSA) is 45.5 Å². The Balaban J connectivity index is 1.68. The highest BCUT2D eigenvalue weighted by Crippen LogP contribution is 2.50. The fourth-order valence-electron chi connectivity index (χ4n) is 3.59. The van der Waals surface area contributed by atoms with Gasteiger partial charge in [0.25, 0.3) is 5.91 Å². The minimum atomic E-state index is -0.410. The van der Waals surface area contributed by atoms with Crippen molar-refractivity contribution in [2.24, 2.45) is 11.8 Å². The summed E-state index contributed by atoms with van der Waals surface area (Å²) >= 11 is 0. The summed E-state index contributed by atoms with van der Waals surface area (Å²) in [6.07, 6.45) is 12.8. The van der Waals surface area contributed by atoms with Crippen LogP contribution in [0.1, 0.15) is 37.3 Å². The molecule has 2 fully saturated rings. The number of carbonyl (C=O) groups is 1. The molecule has 1 amide bonds. The van der Waals surface area contributed by atoms with Crippen molar-refractivity contribution in [2.75, 3.05) is 7.05 Å². The number of amides is 1. The van der Waals surface area contributed by atoms with Gasteiger partial charge in [0.2, 0.25) is 0 Å².